The van der Waals surface area contributed by atoms with Gasteiger partial charge in [0.25, 0.3) is 0 Å². The van der Waals surface area contributed by atoms with E-state index in [4.69, 9.17) is 0 Å². The predicted octanol–water partition coefficient (Wildman–Crippen LogP) is -0.0320. The van der Waals surface area contributed by atoms with Crippen LogP contribution >= 0.6 is 0 Å². The van der Waals surface area contributed by atoms with E-state index in [9.17, 15) is 4.79 Å². The fourth-order valence-corrected chi connectivity index (χ4v) is 2.32. The van der Waals surface area contributed by atoms with Crippen LogP contribution in [-0.4, -0.2) is 9.55 Å². The lowest BCUT2D eigenvalue weighted by Gasteiger charge is -2.05. The molecular weight excluding hydrogens is 176 g/mol. The Kier molecular flexibility index (Phi) is 1.39. The second-order valence-corrected chi connectivity index (χ2v) is 4.59. The van der Waals surface area contributed by atoms with Gasteiger partial charge in [-0.25, -0.2) is 4.79 Å². The summed E-state index contributed by atoms with van der Waals surface area (Å²) >= 11 is 0. The molecule has 3 rings (SSSR count). The Bertz CT molecular complexity index is 547. The summed E-state index contributed by atoms with van der Waals surface area (Å²) in [5.41, 5.74) is 0.0267. The summed E-state index contributed by atoms with van der Waals surface area (Å²) in [6.45, 7) is 4.09. The van der Waals surface area contributed by atoms with Crippen LogP contribution < -0.4 is 16.4 Å². The van der Waals surface area contributed by atoms with E-state index in [0.717, 1.165) is 10.7 Å². The normalized spacial score (nSPS) is 27.6. The van der Waals surface area contributed by atoms with Crippen LogP contribution in [-0.2, 0) is 0 Å². The lowest BCUT2D eigenvalue weighted by atomic mass is 10.2. The van der Waals surface area contributed by atoms with E-state index in [1.54, 1.807) is 0 Å². The number of nitrogens with one attached hydrogen (secondary N) is 1. The summed E-state index contributed by atoms with van der Waals surface area (Å²) < 4.78 is 1.85. The van der Waals surface area contributed by atoms with Gasteiger partial charge in [0.2, 0.25) is 0 Å². The Morgan fingerprint density at radius 1 is 1.43 bits per heavy atom. The smallest absolute Gasteiger partial charge is 0.306 e. The van der Waals surface area contributed by atoms with Crippen LogP contribution in [0.3, 0.4) is 0 Å². The van der Waals surface area contributed by atoms with Crippen LogP contribution in [0.2, 0.25) is 0 Å². The van der Waals surface area contributed by atoms with E-state index in [-0.39, 0.29) is 11.7 Å². The average molecular weight is 190 g/mol. The SMILES string of the molecule is CC(C)n1c(=O)[nH]c2c1=CC1CC1C=2. The first-order valence-electron chi connectivity index (χ1n) is 5.21. The third-order valence-corrected chi connectivity index (χ3v) is 3.16. The highest BCUT2D eigenvalue weighted by atomic mass is 16.1. The molecule has 74 valence electrons. The number of rotatable bonds is 1. The summed E-state index contributed by atoms with van der Waals surface area (Å²) in [5, 5.41) is 2.13. The van der Waals surface area contributed by atoms with Gasteiger partial charge < -0.3 is 4.98 Å². The van der Waals surface area contributed by atoms with E-state index < -0.39 is 0 Å². The minimum absolute atomic E-state index is 0.0267. The highest BCUT2D eigenvalue weighted by molar-refractivity contribution is 5.46. The molecule has 1 aromatic rings. The average Bonchev–Trinajstić information content (AvgIpc) is 2.74. The van der Waals surface area contributed by atoms with Gasteiger partial charge in [-0.15, -0.1) is 0 Å². The lowest BCUT2D eigenvalue weighted by Crippen LogP contribution is -2.35. The number of H-pyrrole nitrogens is 1. The third-order valence-electron chi connectivity index (χ3n) is 3.16. The topological polar surface area (TPSA) is 37.8 Å². The zero-order chi connectivity index (χ0) is 9.87. The van der Waals surface area contributed by atoms with Crippen molar-refractivity contribution in [2.45, 2.75) is 26.3 Å². The van der Waals surface area contributed by atoms with Crippen LogP contribution in [0.15, 0.2) is 4.79 Å². The maximum absolute atomic E-state index is 11.6. The fourth-order valence-electron chi connectivity index (χ4n) is 2.32. The van der Waals surface area contributed by atoms with Gasteiger partial charge in [0, 0.05) is 6.04 Å². The Hall–Kier alpha value is -1.25. The highest BCUT2D eigenvalue weighted by Crippen LogP contribution is 2.41. The molecular formula is C11H14N2O. The first-order chi connectivity index (χ1) is 6.66. The van der Waals surface area contributed by atoms with E-state index in [1.165, 1.54) is 6.42 Å². The fraction of sp³-hybridized carbons (Fsp3) is 0.545. The summed E-state index contributed by atoms with van der Waals surface area (Å²) in [6, 6.07) is 0.238. The van der Waals surface area contributed by atoms with E-state index in [2.05, 4.69) is 17.1 Å². The summed E-state index contributed by atoms with van der Waals surface area (Å²) in [5.74, 6) is 1.39. The Morgan fingerprint density at radius 2 is 2.14 bits per heavy atom. The number of aromatic amines is 1. The molecule has 0 aromatic carbocycles. The molecule has 0 saturated heterocycles. The summed E-state index contributed by atoms with van der Waals surface area (Å²) in [6.07, 6.45) is 5.72. The Balaban J connectivity index is 2.38. The molecule has 2 unspecified atom stereocenters. The standard InChI is InChI=1S/C11H14N2O/c1-6(2)13-10-5-8-3-7(8)4-9(10)12-11(13)14/h4-8H,3H2,1-2H3,(H,12,14). The van der Waals surface area contributed by atoms with Gasteiger partial charge in [0.15, 0.2) is 0 Å². The molecule has 3 nitrogen and oxygen atoms in total. The van der Waals surface area contributed by atoms with E-state index in [1.807, 2.05) is 18.4 Å². The summed E-state index contributed by atoms with van der Waals surface area (Å²) in [4.78, 5) is 14.6. The molecule has 3 heteroatoms. The van der Waals surface area contributed by atoms with E-state index >= 15 is 0 Å². The number of aromatic nitrogens is 2. The molecule has 0 bridgehead atoms. The van der Waals surface area contributed by atoms with Crippen molar-refractivity contribution in [3.8, 4) is 0 Å². The van der Waals surface area contributed by atoms with Crippen LogP contribution in [0.25, 0.3) is 12.2 Å². The van der Waals surface area contributed by atoms with Gasteiger partial charge in [-0.05, 0) is 32.1 Å². The quantitative estimate of drug-likeness (QED) is 0.663. The van der Waals surface area contributed by atoms with Crippen molar-refractivity contribution in [1.82, 2.24) is 9.55 Å². The van der Waals surface area contributed by atoms with Crippen molar-refractivity contribution >= 4 is 12.2 Å². The molecule has 2 atom stereocenters. The number of hydrogen-bond donors (Lipinski definition) is 1. The van der Waals surface area contributed by atoms with Crippen molar-refractivity contribution in [2.75, 3.05) is 0 Å². The van der Waals surface area contributed by atoms with Gasteiger partial charge in [0.05, 0.1) is 10.7 Å². The van der Waals surface area contributed by atoms with Gasteiger partial charge in [-0.3, -0.25) is 4.57 Å². The molecule has 14 heavy (non-hydrogen) atoms. The summed E-state index contributed by atoms with van der Waals surface area (Å²) in [7, 11) is 0. The lowest BCUT2D eigenvalue weighted by molar-refractivity contribution is 0.565. The third kappa shape index (κ3) is 0.953. The van der Waals surface area contributed by atoms with Crippen molar-refractivity contribution in [1.29, 1.82) is 0 Å². The minimum Gasteiger partial charge on any atom is -0.306 e. The van der Waals surface area contributed by atoms with Crippen molar-refractivity contribution in [2.24, 2.45) is 11.8 Å². The van der Waals surface area contributed by atoms with Gasteiger partial charge >= 0.3 is 5.69 Å². The predicted molar refractivity (Wildman–Crippen MR) is 55.2 cm³/mol. The Labute approximate surface area is 81.8 Å². The molecule has 0 amide bonds. The first kappa shape index (κ1) is 8.09. The van der Waals surface area contributed by atoms with Crippen LogP contribution in [0.1, 0.15) is 26.3 Å². The van der Waals surface area contributed by atoms with Crippen molar-refractivity contribution in [3.63, 3.8) is 0 Å². The van der Waals surface area contributed by atoms with Gasteiger partial charge in [0.1, 0.15) is 0 Å². The number of fused-ring (bicyclic) bond motifs is 2. The molecule has 1 fully saturated rings. The zero-order valence-electron chi connectivity index (χ0n) is 8.45. The van der Waals surface area contributed by atoms with Crippen molar-refractivity contribution in [3.05, 3.63) is 21.2 Å². The molecule has 1 aromatic heterocycles. The highest BCUT2D eigenvalue weighted by Gasteiger charge is 2.35. The molecule has 0 aliphatic heterocycles. The van der Waals surface area contributed by atoms with E-state index in [0.29, 0.717) is 11.8 Å². The monoisotopic (exact) mass is 190 g/mol. The maximum Gasteiger partial charge on any atom is 0.326 e. The number of nitrogens with zero attached hydrogens (tertiary/aromatic N) is 1. The van der Waals surface area contributed by atoms with Gasteiger partial charge in [-0.1, -0.05) is 12.2 Å². The number of imidazole rings is 1. The Morgan fingerprint density at radius 3 is 2.86 bits per heavy atom. The second-order valence-electron chi connectivity index (χ2n) is 4.59. The first-order valence-corrected chi connectivity index (χ1v) is 5.21. The van der Waals surface area contributed by atoms with Crippen LogP contribution in [0.5, 0.6) is 0 Å². The number of hydrogen-bond acceptors (Lipinski definition) is 1. The molecule has 2 aliphatic carbocycles. The molecule has 0 radical (unpaired) electrons. The molecule has 1 heterocycles. The largest absolute Gasteiger partial charge is 0.326 e. The molecule has 1 N–H and O–H groups in total. The molecule has 1 saturated carbocycles. The van der Waals surface area contributed by atoms with Crippen LogP contribution in [0.4, 0.5) is 0 Å². The minimum atomic E-state index is 0.0267. The van der Waals surface area contributed by atoms with Crippen molar-refractivity contribution < 1.29 is 0 Å². The maximum atomic E-state index is 11.6. The molecule has 0 spiro atoms. The zero-order valence-corrected chi connectivity index (χ0v) is 8.45. The second kappa shape index (κ2) is 2.41. The van der Waals surface area contributed by atoms with Gasteiger partial charge in [-0.2, -0.15) is 0 Å². The van der Waals surface area contributed by atoms with Crippen LogP contribution in [0, 0.1) is 11.8 Å². The molecule has 2 aliphatic rings.